The van der Waals surface area contributed by atoms with Crippen LogP contribution in [0, 0.1) is 11.6 Å². The zero-order valence-electron chi connectivity index (χ0n) is 21.2. The van der Waals surface area contributed by atoms with Crippen LogP contribution in [0.4, 0.5) is 8.78 Å². The summed E-state index contributed by atoms with van der Waals surface area (Å²) >= 11 is 1.27. The maximum absolute atomic E-state index is 14.0. The SMILES string of the molecule is COc1c(OCc2cccc(C(N)=O)c2)cccc1C1SC(c2ccc(F)cc2)=NN1C(=O)c1cccc(F)c1. The van der Waals surface area contributed by atoms with Crippen molar-refractivity contribution < 1.29 is 27.8 Å². The number of nitrogens with zero attached hydrogens (tertiary/aromatic N) is 2. The second-order valence-electron chi connectivity index (χ2n) is 8.77. The molecule has 0 aromatic heterocycles. The molecule has 1 atom stereocenters. The molecule has 7 nitrogen and oxygen atoms in total. The van der Waals surface area contributed by atoms with E-state index in [4.69, 9.17) is 15.2 Å². The Bertz CT molecular complexity index is 1610. The molecule has 0 saturated heterocycles. The fourth-order valence-electron chi connectivity index (χ4n) is 4.18. The van der Waals surface area contributed by atoms with E-state index >= 15 is 0 Å². The Hall–Kier alpha value is -4.70. The van der Waals surface area contributed by atoms with Crippen LogP contribution in [0.15, 0.2) is 96.1 Å². The van der Waals surface area contributed by atoms with Gasteiger partial charge in [0.05, 0.1) is 7.11 Å². The van der Waals surface area contributed by atoms with Crippen molar-refractivity contribution in [2.45, 2.75) is 12.0 Å². The van der Waals surface area contributed by atoms with Crippen molar-refractivity contribution in [2.24, 2.45) is 10.8 Å². The van der Waals surface area contributed by atoms with Gasteiger partial charge in [0.2, 0.25) is 5.91 Å². The number of nitrogens with two attached hydrogens (primary N) is 1. The highest BCUT2D eigenvalue weighted by Crippen LogP contribution is 2.47. The van der Waals surface area contributed by atoms with Crippen LogP contribution in [0.25, 0.3) is 0 Å². The maximum Gasteiger partial charge on any atom is 0.275 e. The molecule has 202 valence electrons. The number of carbonyl (C=O) groups is 2. The standard InChI is InChI=1S/C30H23F2N3O4S/c1-38-26-24(9-4-10-25(26)39-17-18-5-2-6-20(15-18)27(33)36)30-35(29(37)21-7-3-8-23(32)16-21)34-28(40-30)19-11-13-22(31)14-12-19/h2-16,30H,17H2,1H3,(H2,33,36). The second-order valence-corrected chi connectivity index (χ2v) is 9.84. The van der Waals surface area contributed by atoms with Crippen LogP contribution < -0.4 is 15.2 Å². The number of primary amides is 1. The Morgan fingerprint density at radius 2 is 1.65 bits per heavy atom. The number of hydrogen-bond acceptors (Lipinski definition) is 6. The van der Waals surface area contributed by atoms with Gasteiger partial charge < -0.3 is 15.2 Å². The first-order chi connectivity index (χ1) is 19.3. The molecule has 0 spiro atoms. The minimum absolute atomic E-state index is 0.121. The van der Waals surface area contributed by atoms with E-state index in [-0.39, 0.29) is 12.2 Å². The van der Waals surface area contributed by atoms with Crippen molar-refractivity contribution >= 4 is 28.6 Å². The topological polar surface area (TPSA) is 94.2 Å². The summed E-state index contributed by atoms with van der Waals surface area (Å²) in [6.45, 7) is 0.127. The molecule has 1 unspecified atom stereocenters. The molecule has 0 aliphatic carbocycles. The van der Waals surface area contributed by atoms with Crippen molar-refractivity contribution in [3.63, 3.8) is 0 Å². The molecular weight excluding hydrogens is 536 g/mol. The second kappa shape index (κ2) is 11.6. The van der Waals surface area contributed by atoms with Crippen molar-refractivity contribution in [3.05, 3.63) is 130 Å². The minimum atomic E-state index is -0.701. The summed E-state index contributed by atoms with van der Waals surface area (Å²) in [7, 11) is 1.49. The number of ether oxygens (including phenoxy) is 2. The molecule has 10 heteroatoms. The zero-order chi connectivity index (χ0) is 28.2. The Balaban J connectivity index is 1.49. The first-order valence-electron chi connectivity index (χ1n) is 12.1. The highest BCUT2D eigenvalue weighted by molar-refractivity contribution is 8.14. The lowest BCUT2D eigenvalue weighted by atomic mass is 10.1. The van der Waals surface area contributed by atoms with Crippen LogP contribution >= 0.6 is 11.8 Å². The molecule has 4 aromatic carbocycles. The summed E-state index contributed by atoms with van der Waals surface area (Å²) in [4.78, 5) is 25.1. The predicted molar refractivity (Wildman–Crippen MR) is 148 cm³/mol. The van der Waals surface area contributed by atoms with E-state index in [1.165, 1.54) is 54.2 Å². The molecule has 0 fully saturated rings. The average Bonchev–Trinajstić information content (AvgIpc) is 3.41. The largest absolute Gasteiger partial charge is 0.492 e. The number of halogens is 2. The van der Waals surface area contributed by atoms with Crippen molar-refractivity contribution in [1.29, 1.82) is 0 Å². The third-order valence-corrected chi connectivity index (χ3v) is 7.32. The van der Waals surface area contributed by atoms with E-state index in [0.717, 1.165) is 11.6 Å². The number of carbonyl (C=O) groups excluding carboxylic acids is 2. The molecule has 0 radical (unpaired) electrons. The Labute approximate surface area is 233 Å². The molecule has 40 heavy (non-hydrogen) atoms. The highest BCUT2D eigenvalue weighted by atomic mass is 32.2. The number of rotatable bonds is 8. The minimum Gasteiger partial charge on any atom is -0.492 e. The summed E-state index contributed by atoms with van der Waals surface area (Å²) in [6.07, 6.45) is 0. The highest BCUT2D eigenvalue weighted by Gasteiger charge is 2.37. The van der Waals surface area contributed by atoms with Gasteiger partial charge in [-0.25, -0.2) is 13.8 Å². The summed E-state index contributed by atoms with van der Waals surface area (Å²) in [5, 5.41) is 5.59. The number of thioether (sulfide) groups is 1. The molecule has 1 aliphatic rings. The quantitative estimate of drug-likeness (QED) is 0.290. The van der Waals surface area contributed by atoms with Gasteiger partial charge in [-0.05, 0) is 66.2 Å². The van der Waals surface area contributed by atoms with Gasteiger partial charge in [-0.15, -0.1) is 0 Å². The average molecular weight is 560 g/mol. The summed E-state index contributed by atoms with van der Waals surface area (Å²) in [5.74, 6) is -1.24. The van der Waals surface area contributed by atoms with Gasteiger partial charge in [0.1, 0.15) is 28.7 Å². The molecule has 1 heterocycles. The molecule has 2 amide bonds. The van der Waals surface area contributed by atoms with Crippen LogP contribution in [-0.2, 0) is 6.61 Å². The number of hydrogen-bond donors (Lipinski definition) is 1. The third kappa shape index (κ3) is 5.67. The molecule has 4 aromatic rings. The van der Waals surface area contributed by atoms with Gasteiger partial charge >= 0.3 is 0 Å². The Morgan fingerprint density at radius 3 is 2.38 bits per heavy atom. The maximum atomic E-state index is 14.0. The summed E-state index contributed by atoms with van der Waals surface area (Å²) < 4.78 is 39.3. The lowest BCUT2D eigenvalue weighted by Gasteiger charge is -2.24. The number of hydrazone groups is 1. The lowest BCUT2D eigenvalue weighted by Crippen LogP contribution is -2.26. The number of methoxy groups -OCH3 is 1. The summed E-state index contributed by atoms with van der Waals surface area (Å²) in [6, 6.07) is 23.2. The molecule has 1 aliphatic heterocycles. The lowest BCUT2D eigenvalue weighted by molar-refractivity contribution is 0.0747. The molecule has 2 N–H and O–H groups in total. The Kier molecular flexibility index (Phi) is 7.79. The van der Waals surface area contributed by atoms with Crippen LogP contribution in [0.2, 0.25) is 0 Å². The van der Waals surface area contributed by atoms with Crippen LogP contribution in [0.1, 0.15) is 42.8 Å². The fourth-order valence-corrected chi connectivity index (χ4v) is 5.36. The van der Waals surface area contributed by atoms with Crippen molar-refractivity contribution in [3.8, 4) is 11.5 Å². The van der Waals surface area contributed by atoms with Gasteiger partial charge in [-0.3, -0.25) is 9.59 Å². The van der Waals surface area contributed by atoms with Gasteiger partial charge in [0.15, 0.2) is 11.5 Å². The van der Waals surface area contributed by atoms with Gasteiger partial charge in [-0.1, -0.05) is 42.1 Å². The molecular formula is C30H23F2N3O4S. The van der Waals surface area contributed by atoms with E-state index in [1.807, 2.05) is 0 Å². The van der Waals surface area contributed by atoms with E-state index in [9.17, 15) is 18.4 Å². The molecule has 0 bridgehead atoms. The van der Waals surface area contributed by atoms with Gasteiger partial charge in [0, 0.05) is 22.3 Å². The van der Waals surface area contributed by atoms with Gasteiger partial charge in [-0.2, -0.15) is 5.10 Å². The van der Waals surface area contributed by atoms with Crippen LogP contribution in [0.5, 0.6) is 11.5 Å². The molecule has 0 saturated carbocycles. The first kappa shape index (κ1) is 26.9. The van der Waals surface area contributed by atoms with Crippen molar-refractivity contribution in [1.82, 2.24) is 5.01 Å². The van der Waals surface area contributed by atoms with E-state index < -0.39 is 28.8 Å². The van der Waals surface area contributed by atoms with E-state index in [1.54, 1.807) is 54.6 Å². The third-order valence-electron chi connectivity index (χ3n) is 6.10. The monoisotopic (exact) mass is 559 g/mol. The number of amides is 2. The zero-order valence-corrected chi connectivity index (χ0v) is 22.0. The predicted octanol–water partition coefficient (Wildman–Crippen LogP) is 5.90. The van der Waals surface area contributed by atoms with E-state index in [0.29, 0.717) is 33.2 Å². The summed E-state index contributed by atoms with van der Waals surface area (Å²) in [5.41, 5.74) is 7.80. The normalized spacial score (nSPS) is 14.5. The number of benzene rings is 4. The first-order valence-corrected chi connectivity index (χ1v) is 13.0. The Morgan fingerprint density at radius 1 is 0.925 bits per heavy atom. The molecule has 5 rings (SSSR count). The van der Waals surface area contributed by atoms with Crippen LogP contribution in [-0.4, -0.2) is 29.0 Å². The smallest absolute Gasteiger partial charge is 0.275 e. The van der Waals surface area contributed by atoms with Crippen LogP contribution in [0.3, 0.4) is 0 Å². The van der Waals surface area contributed by atoms with E-state index in [2.05, 4.69) is 5.10 Å². The van der Waals surface area contributed by atoms with Gasteiger partial charge in [0.25, 0.3) is 5.91 Å². The number of para-hydroxylation sites is 1. The van der Waals surface area contributed by atoms with Crippen molar-refractivity contribution in [2.75, 3.05) is 7.11 Å². The fraction of sp³-hybridized carbons (Fsp3) is 0.100.